The van der Waals surface area contributed by atoms with Gasteiger partial charge in [-0.1, -0.05) is 12.1 Å². The molecule has 4 nitrogen and oxygen atoms in total. The zero-order valence-corrected chi connectivity index (χ0v) is 10.5. The summed E-state index contributed by atoms with van der Waals surface area (Å²) in [6.45, 7) is 0.666. The van der Waals surface area contributed by atoms with Crippen molar-refractivity contribution in [3.63, 3.8) is 0 Å². The van der Waals surface area contributed by atoms with Crippen molar-refractivity contribution in [2.75, 3.05) is 0 Å². The van der Waals surface area contributed by atoms with E-state index in [9.17, 15) is 4.39 Å². The van der Waals surface area contributed by atoms with Gasteiger partial charge in [-0.3, -0.25) is 0 Å². The van der Waals surface area contributed by atoms with Crippen molar-refractivity contribution >= 4 is 21.8 Å². The Bertz CT molecular complexity index is 893. The summed E-state index contributed by atoms with van der Waals surface area (Å²) in [7, 11) is 0. The summed E-state index contributed by atoms with van der Waals surface area (Å²) in [5, 5.41) is 6.23. The molecule has 0 aliphatic heterocycles. The van der Waals surface area contributed by atoms with Gasteiger partial charge in [0.15, 0.2) is 0 Å². The third-order valence-electron chi connectivity index (χ3n) is 3.44. The molecule has 2 aromatic heterocycles. The number of fused-ring (bicyclic) bond motifs is 3. The third-order valence-corrected chi connectivity index (χ3v) is 3.44. The molecule has 0 amide bonds. The van der Waals surface area contributed by atoms with E-state index in [-0.39, 0.29) is 5.82 Å². The van der Waals surface area contributed by atoms with Gasteiger partial charge in [0, 0.05) is 21.8 Å². The van der Waals surface area contributed by atoms with Gasteiger partial charge in [0.2, 0.25) is 0 Å². The molecule has 1 N–H and O–H groups in total. The van der Waals surface area contributed by atoms with Crippen molar-refractivity contribution in [3.8, 4) is 0 Å². The van der Waals surface area contributed by atoms with Gasteiger partial charge < -0.3 is 4.98 Å². The second kappa shape index (κ2) is 4.16. The highest BCUT2D eigenvalue weighted by Gasteiger charge is 2.06. The monoisotopic (exact) mass is 266 g/mol. The maximum absolute atomic E-state index is 13.3. The second-order valence-corrected chi connectivity index (χ2v) is 4.79. The second-order valence-electron chi connectivity index (χ2n) is 4.79. The smallest absolute Gasteiger partial charge is 0.137 e. The van der Waals surface area contributed by atoms with Crippen molar-refractivity contribution < 1.29 is 4.39 Å². The molecule has 0 saturated carbocycles. The number of nitrogens with one attached hydrogen (secondary N) is 1. The fourth-order valence-electron chi connectivity index (χ4n) is 2.53. The first-order chi connectivity index (χ1) is 9.79. The molecular weight excluding hydrogens is 255 g/mol. The van der Waals surface area contributed by atoms with Crippen LogP contribution in [0.3, 0.4) is 0 Å². The summed E-state index contributed by atoms with van der Waals surface area (Å²) in [6, 6.07) is 11.0. The summed E-state index contributed by atoms with van der Waals surface area (Å²) in [5.41, 5.74) is 2.94. The topological polar surface area (TPSA) is 46.5 Å². The van der Waals surface area contributed by atoms with E-state index in [2.05, 4.69) is 33.3 Å². The molecule has 0 radical (unpaired) electrons. The number of rotatable bonds is 2. The van der Waals surface area contributed by atoms with Crippen LogP contribution in [0, 0.1) is 5.82 Å². The average Bonchev–Trinajstić information content (AvgIpc) is 3.04. The van der Waals surface area contributed by atoms with Crippen LogP contribution < -0.4 is 0 Å². The van der Waals surface area contributed by atoms with Gasteiger partial charge in [0.1, 0.15) is 18.5 Å². The molecule has 5 heteroatoms. The Kier molecular flexibility index (Phi) is 2.32. The summed E-state index contributed by atoms with van der Waals surface area (Å²) >= 11 is 0. The van der Waals surface area contributed by atoms with Crippen molar-refractivity contribution in [2.24, 2.45) is 0 Å². The highest BCUT2D eigenvalue weighted by molar-refractivity contribution is 6.07. The van der Waals surface area contributed by atoms with Crippen LogP contribution in [0.5, 0.6) is 0 Å². The molecule has 0 aliphatic rings. The van der Waals surface area contributed by atoms with Crippen LogP contribution in [0.25, 0.3) is 21.8 Å². The van der Waals surface area contributed by atoms with E-state index in [1.54, 1.807) is 17.1 Å². The van der Waals surface area contributed by atoms with Crippen LogP contribution >= 0.6 is 0 Å². The SMILES string of the molecule is Fc1ccc2c(c1)[nH]c1cc(Cn3cncn3)ccc12. The van der Waals surface area contributed by atoms with Crippen LogP contribution in [-0.2, 0) is 6.54 Å². The number of nitrogens with zero attached hydrogens (tertiary/aromatic N) is 3. The number of hydrogen-bond donors (Lipinski definition) is 1. The minimum atomic E-state index is -0.230. The van der Waals surface area contributed by atoms with Crippen LogP contribution in [0.4, 0.5) is 4.39 Å². The summed E-state index contributed by atoms with van der Waals surface area (Å²) in [6.07, 6.45) is 3.20. The van der Waals surface area contributed by atoms with Gasteiger partial charge in [-0.25, -0.2) is 14.1 Å². The van der Waals surface area contributed by atoms with Gasteiger partial charge in [-0.05, 0) is 29.8 Å². The minimum absolute atomic E-state index is 0.230. The Morgan fingerprint density at radius 2 is 1.85 bits per heavy atom. The van der Waals surface area contributed by atoms with Gasteiger partial charge in [-0.2, -0.15) is 5.10 Å². The third kappa shape index (κ3) is 1.75. The molecule has 0 fully saturated rings. The minimum Gasteiger partial charge on any atom is -0.354 e. The number of H-pyrrole nitrogens is 1. The van der Waals surface area contributed by atoms with Crippen molar-refractivity contribution in [3.05, 3.63) is 60.4 Å². The molecule has 0 saturated heterocycles. The lowest BCUT2D eigenvalue weighted by molar-refractivity contribution is 0.629. The van der Waals surface area contributed by atoms with Crippen LogP contribution in [0.15, 0.2) is 49.1 Å². The molecular formula is C15H11FN4. The Hall–Kier alpha value is -2.69. The quantitative estimate of drug-likeness (QED) is 0.606. The van der Waals surface area contributed by atoms with Crippen molar-refractivity contribution in [1.29, 1.82) is 0 Å². The molecule has 2 heterocycles. The van der Waals surface area contributed by atoms with Crippen LogP contribution in [0.2, 0.25) is 0 Å². The summed E-state index contributed by atoms with van der Waals surface area (Å²) < 4.78 is 15.0. The zero-order chi connectivity index (χ0) is 13.5. The maximum atomic E-state index is 13.3. The Balaban J connectivity index is 1.84. The average molecular weight is 266 g/mol. The first kappa shape index (κ1) is 11.2. The molecule has 2 aromatic carbocycles. The lowest BCUT2D eigenvalue weighted by Gasteiger charge is -2.01. The molecule has 0 bridgehead atoms. The predicted octanol–water partition coefficient (Wildman–Crippen LogP) is 3.10. The van der Waals surface area contributed by atoms with Crippen LogP contribution in [-0.4, -0.2) is 19.7 Å². The lowest BCUT2D eigenvalue weighted by Crippen LogP contribution is -1.99. The molecule has 0 aliphatic carbocycles. The van der Waals surface area contributed by atoms with E-state index in [1.807, 2.05) is 0 Å². The van der Waals surface area contributed by atoms with Gasteiger partial charge >= 0.3 is 0 Å². The number of halogens is 1. The zero-order valence-electron chi connectivity index (χ0n) is 10.5. The molecule has 4 rings (SSSR count). The molecule has 0 unspecified atom stereocenters. The Morgan fingerprint density at radius 1 is 1.05 bits per heavy atom. The van der Waals surface area contributed by atoms with Gasteiger partial charge in [0.05, 0.1) is 6.54 Å². The summed E-state index contributed by atoms with van der Waals surface area (Å²) in [5.74, 6) is -0.230. The lowest BCUT2D eigenvalue weighted by atomic mass is 10.1. The molecule has 20 heavy (non-hydrogen) atoms. The summed E-state index contributed by atoms with van der Waals surface area (Å²) in [4.78, 5) is 7.18. The Morgan fingerprint density at radius 3 is 2.65 bits per heavy atom. The maximum Gasteiger partial charge on any atom is 0.137 e. The predicted molar refractivity (Wildman–Crippen MR) is 74.9 cm³/mol. The highest BCUT2D eigenvalue weighted by atomic mass is 19.1. The first-order valence-corrected chi connectivity index (χ1v) is 6.32. The van der Waals surface area contributed by atoms with E-state index in [1.165, 1.54) is 18.5 Å². The molecule has 4 aromatic rings. The van der Waals surface area contributed by atoms with E-state index in [0.717, 1.165) is 27.4 Å². The normalized spacial score (nSPS) is 11.4. The van der Waals surface area contributed by atoms with E-state index in [0.29, 0.717) is 6.54 Å². The first-order valence-electron chi connectivity index (χ1n) is 6.32. The number of benzene rings is 2. The standard InChI is InChI=1S/C15H11FN4/c16-11-2-4-13-12-3-1-10(7-20-9-17-8-18-20)5-14(12)19-15(13)6-11/h1-6,8-9,19H,7H2. The molecule has 0 atom stereocenters. The van der Waals surface area contributed by atoms with E-state index >= 15 is 0 Å². The van der Waals surface area contributed by atoms with Gasteiger partial charge in [-0.15, -0.1) is 0 Å². The number of aromatic amines is 1. The van der Waals surface area contributed by atoms with E-state index < -0.39 is 0 Å². The van der Waals surface area contributed by atoms with E-state index in [4.69, 9.17) is 0 Å². The van der Waals surface area contributed by atoms with Gasteiger partial charge in [0.25, 0.3) is 0 Å². The van der Waals surface area contributed by atoms with Crippen LogP contribution in [0.1, 0.15) is 5.56 Å². The number of aromatic nitrogens is 4. The van der Waals surface area contributed by atoms with Crippen molar-refractivity contribution in [1.82, 2.24) is 19.7 Å². The number of hydrogen-bond acceptors (Lipinski definition) is 2. The highest BCUT2D eigenvalue weighted by Crippen LogP contribution is 2.26. The molecule has 98 valence electrons. The molecule has 0 spiro atoms. The van der Waals surface area contributed by atoms with Crippen molar-refractivity contribution in [2.45, 2.75) is 6.54 Å². The fraction of sp³-hybridized carbons (Fsp3) is 0.0667. The Labute approximate surface area is 113 Å². The largest absolute Gasteiger partial charge is 0.354 e. The fourth-order valence-corrected chi connectivity index (χ4v) is 2.53.